The summed E-state index contributed by atoms with van der Waals surface area (Å²) in [7, 11) is -2.05. The number of aromatic nitrogens is 2. The van der Waals surface area contributed by atoms with E-state index in [-0.39, 0.29) is 0 Å². The highest BCUT2D eigenvalue weighted by Crippen LogP contribution is 2.02. The largest absolute Gasteiger partial charge is 0.748 e. The second kappa shape index (κ2) is 8.70. The predicted molar refractivity (Wildman–Crippen MR) is 85.1 cm³/mol. The number of aryl methyl sites for hydroxylation is 2. The Bertz CT molecular complexity index is 664. The first-order valence-electron chi connectivity index (χ1n) is 7.32. The fourth-order valence-corrected chi connectivity index (χ4v) is 2.54. The van der Waals surface area contributed by atoms with Gasteiger partial charge in [0.1, 0.15) is 12.4 Å². The lowest BCUT2D eigenvalue weighted by Crippen LogP contribution is -2.29. The van der Waals surface area contributed by atoms with Gasteiger partial charge in [0, 0.05) is 6.92 Å². The number of nitrogens with zero attached hydrogens (tertiary/aromatic N) is 2. The van der Waals surface area contributed by atoms with Gasteiger partial charge in [-0.3, -0.25) is 0 Å². The van der Waals surface area contributed by atoms with Gasteiger partial charge in [-0.15, -0.1) is 0 Å². The summed E-state index contributed by atoms with van der Waals surface area (Å²) in [5.74, 6) is 0.909. The van der Waals surface area contributed by atoms with E-state index in [4.69, 9.17) is 0 Å². The van der Waals surface area contributed by atoms with Crippen LogP contribution in [0.3, 0.4) is 0 Å². The molecule has 122 valence electrons. The average Bonchev–Trinajstić information content (AvgIpc) is 2.77. The summed E-state index contributed by atoms with van der Waals surface area (Å²) in [5.41, 5.74) is 0.530. The lowest BCUT2D eigenvalue weighted by Gasteiger charge is -2.05. The summed E-state index contributed by atoms with van der Waals surface area (Å²) in [4.78, 5) is 0. The number of rotatable bonds is 5. The van der Waals surface area contributed by atoms with Crippen LogP contribution in [0.15, 0.2) is 42.7 Å². The van der Waals surface area contributed by atoms with Crippen molar-refractivity contribution in [3.8, 4) is 0 Å². The van der Waals surface area contributed by atoms with Gasteiger partial charge in [-0.25, -0.2) is 17.6 Å². The monoisotopic (exact) mass is 324 g/mol. The van der Waals surface area contributed by atoms with E-state index in [1.165, 1.54) is 18.7 Å². The number of unbranched alkanes of at least 4 members (excludes halogenated alkanes) is 1. The van der Waals surface area contributed by atoms with Crippen LogP contribution >= 0.6 is 0 Å². The van der Waals surface area contributed by atoms with Gasteiger partial charge < -0.3 is 4.55 Å². The van der Waals surface area contributed by atoms with Crippen molar-refractivity contribution in [2.24, 2.45) is 7.05 Å². The molecule has 5 nitrogen and oxygen atoms in total. The van der Waals surface area contributed by atoms with Crippen LogP contribution in [0.1, 0.15) is 31.2 Å². The molecule has 22 heavy (non-hydrogen) atoms. The maximum absolute atomic E-state index is 10.2. The standard InChI is InChI=1S/C9H17N2.C7H8O3S/c1-4-5-6-11-8-7-10(3)9(11)2;8-11(9,10)6-7-4-2-1-3-5-7/h7-8H,4-6H2,1-3H3;1-5H,6H2,(H,8,9,10)/q+1;/p-1. The van der Waals surface area contributed by atoms with Gasteiger partial charge in [0.25, 0.3) is 5.82 Å². The Morgan fingerprint density at radius 1 is 1.23 bits per heavy atom. The van der Waals surface area contributed by atoms with Crippen LogP contribution < -0.4 is 4.57 Å². The molecule has 1 aromatic carbocycles. The molecule has 0 spiro atoms. The third-order valence-electron chi connectivity index (χ3n) is 3.34. The first-order valence-corrected chi connectivity index (χ1v) is 8.90. The fourth-order valence-electron chi connectivity index (χ4n) is 1.94. The van der Waals surface area contributed by atoms with Crippen molar-refractivity contribution in [2.45, 2.75) is 39.0 Å². The van der Waals surface area contributed by atoms with Crippen LogP contribution in [0.25, 0.3) is 0 Å². The molecule has 0 aliphatic carbocycles. The Hall–Kier alpha value is -1.66. The second-order valence-corrected chi connectivity index (χ2v) is 6.59. The molecule has 2 rings (SSSR count). The molecule has 6 heteroatoms. The Balaban J connectivity index is 0.000000220. The molecule has 0 fully saturated rings. The first-order chi connectivity index (χ1) is 10.3. The van der Waals surface area contributed by atoms with Crippen molar-refractivity contribution < 1.29 is 17.5 Å². The summed E-state index contributed by atoms with van der Waals surface area (Å²) in [6.07, 6.45) is 6.78. The topological polar surface area (TPSA) is 66.0 Å². The van der Waals surface area contributed by atoms with E-state index < -0.39 is 15.9 Å². The van der Waals surface area contributed by atoms with E-state index in [0.29, 0.717) is 5.56 Å². The first kappa shape index (κ1) is 18.4. The smallest absolute Gasteiger partial charge is 0.253 e. The number of benzene rings is 1. The van der Waals surface area contributed by atoms with E-state index in [1.807, 2.05) is 0 Å². The van der Waals surface area contributed by atoms with Crippen molar-refractivity contribution >= 4 is 10.1 Å². The minimum atomic E-state index is -4.13. The SMILES string of the molecule is CCCCn1cc[n+](C)c1C.O=S(=O)([O-])Cc1ccccc1. The normalized spacial score (nSPS) is 10.9. The molecule has 1 heterocycles. The summed E-state index contributed by atoms with van der Waals surface area (Å²) >= 11 is 0. The molecule has 0 saturated carbocycles. The molecule has 0 aliphatic heterocycles. The summed E-state index contributed by atoms with van der Waals surface area (Å²) < 4.78 is 35.2. The van der Waals surface area contributed by atoms with Gasteiger partial charge >= 0.3 is 0 Å². The summed E-state index contributed by atoms with van der Waals surface area (Å²) in [5, 5.41) is 0. The summed E-state index contributed by atoms with van der Waals surface area (Å²) in [6, 6.07) is 8.37. The van der Waals surface area contributed by atoms with Crippen molar-refractivity contribution in [1.82, 2.24) is 4.57 Å². The number of imidazole rings is 1. The lowest BCUT2D eigenvalue weighted by atomic mass is 10.2. The van der Waals surface area contributed by atoms with Gasteiger partial charge in [-0.1, -0.05) is 43.7 Å². The third-order valence-corrected chi connectivity index (χ3v) is 4.02. The maximum Gasteiger partial charge on any atom is 0.253 e. The lowest BCUT2D eigenvalue weighted by molar-refractivity contribution is -0.677. The molecule has 1 aromatic heterocycles. The Kier molecular flexibility index (Phi) is 7.27. The highest BCUT2D eigenvalue weighted by molar-refractivity contribution is 7.84. The van der Waals surface area contributed by atoms with Crippen LogP contribution in [-0.4, -0.2) is 17.5 Å². The van der Waals surface area contributed by atoms with Gasteiger partial charge in [0.2, 0.25) is 0 Å². The van der Waals surface area contributed by atoms with Crippen molar-refractivity contribution in [3.63, 3.8) is 0 Å². The molecule has 0 N–H and O–H groups in total. The highest BCUT2D eigenvalue weighted by atomic mass is 32.2. The zero-order valence-electron chi connectivity index (χ0n) is 13.4. The molecule has 0 amide bonds. The Morgan fingerprint density at radius 2 is 1.86 bits per heavy atom. The van der Waals surface area contributed by atoms with E-state index in [0.717, 1.165) is 6.54 Å². The third kappa shape index (κ3) is 6.87. The Morgan fingerprint density at radius 3 is 2.32 bits per heavy atom. The molecule has 0 aliphatic rings. The van der Waals surface area contributed by atoms with Crippen LogP contribution in [0.2, 0.25) is 0 Å². The van der Waals surface area contributed by atoms with E-state index in [1.54, 1.807) is 30.3 Å². The van der Waals surface area contributed by atoms with Gasteiger partial charge in [-0.2, -0.15) is 0 Å². The zero-order valence-corrected chi connectivity index (χ0v) is 14.2. The van der Waals surface area contributed by atoms with Crippen LogP contribution in [0.4, 0.5) is 0 Å². The molecule has 0 bridgehead atoms. The van der Waals surface area contributed by atoms with Crippen LogP contribution in [-0.2, 0) is 29.5 Å². The minimum Gasteiger partial charge on any atom is -0.748 e. The average molecular weight is 324 g/mol. The number of hydrogen-bond acceptors (Lipinski definition) is 3. The van der Waals surface area contributed by atoms with Crippen molar-refractivity contribution in [2.75, 3.05) is 0 Å². The molecule has 0 saturated heterocycles. The maximum atomic E-state index is 10.2. The van der Waals surface area contributed by atoms with E-state index in [9.17, 15) is 13.0 Å². The Labute approximate surface area is 133 Å². The van der Waals surface area contributed by atoms with Gasteiger partial charge in [0.15, 0.2) is 0 Å². The molecule has 0 unspecified atom stereocenters. The molecular formula is C16H24N2O3S. The van der Waals surface area contributed by atoms with Crippen LogP contribution in [0, 0.1) is 6.92 Å². The van der Waals surface area contributed by atoms with Crippen molar-refractivity contribution in [1.29, 1.82) is 0 Å². The molecule has 2 aromatic rings. The second-order valence-electron chi connectivity index (χ2n) is 5.19. The highest BCUT2D eigenvalue weighted by Gasteiger charge is 2.06. The molecule has 0 atom stereocenters. The number of hydrogen-bond donors (Lipinski definition) is 0. The van der Waals surface area contributed by atoms with E-state index >= 15 is 0 Å². The van der Waals surface area contributed by atoms with Gasteiger partial charge in [0.05, 0.1) is 29.5 Å². The zero-order chi connectivity index (χ0) is 16.6. The van der Waals surface area contributed by atoms with E-state index in [2.05, 4.69) is 42.4 Å². The van der Waals surface area contributed by atoms with Crippen LogP contribution in [0.5, 0.6) is 0 Å². The van der Waals surface area contributed by atoms with Gasteiger partial charge in [-0.05, 0) is 12.0 Å². The predicted octanol–water partition coefficient (Wildman–Crippen LogP) is 2.15. The van der Waals surface area contributed by atoms with Crippen molar-refractivity contribution in [3.05, 3.63) is 54.1 Å². The molecule has 0 radical (unpaired) electrons. The molecular weight excluding hydrogens is 300 g/mol. The fraction of sp³-hybridized carbons (Fsp3) is 0.438. The quantitative estimate of drug-likeness (QED) is 0.625. The summed E-state index contributed by atoms with van der Waals surface area (Å²) in [6.45, 7) is 5.53. The minimum absolute atomic E-state index is 0.423.